The number of ether oxygens (including phenoxy) is 3. The fourth-order valence-corrected chi connectivity index (χ4v) is 2.13. The van der Waals surface area contributed by atoms with E-state index in [1.165, 1.54) is 26.5 Å². The van der Waals surface area contributed by atoms with Gasteiger partial charge in [0.25, 0.3) is 0 Å². The molecule has 2 aromatic rings. The number of alkyl halides is 3. The molecule has 0 aliphatic heterocycles. The monoisotopic (exact) mass is 370 g/mol. The van der Waals surface area contributed by atoms with Crippen LogP contribution >= 0.6 is 0 Å². The average molecular weight is 370 g/mol. The molecule has 0 aliphatic rings. The highest BCUT2D eigenvalue weighted by atomic mass is 19.4. The number of hydrogen-bond acceptors (Lipinski definition) is 5. The Kier molecular flexibility index (Phi) is 5.91. The third-order valence-electron chi connectivity index (χ3n) is 3.41. The fourth-order valence-electron chi connectivity index (χ4n) is 2.13. The van der Waals surface area contributed by atoms with Gasteiger partial charge in [-0.15, -0.1) is 0 Å². The van der Waals surface area contributed by atoms with Crippen LogP contribution in [-0.4, -0.2) is 30.0 Å². The quantitative estimate of drug-likeness (QED) is 0.443. The van der Waals surface area contributed by atoms with Gasteiger partial charge in [0.15, 0.2) is 5.69 Å². The third kappa shape index (κ3) is 4.35. The molecule has 0 N–H and O–H groups in total. The smallest absolute Gasteiger partial charge is 0.435 e. The van der Waals surface area contributed by atoms with Gasteiger partial charge in [-0.05, 0) is 24.1 Å². The molecule has 0 aliphatic carbocycles. The van der Waals surface area contributed by atoms with Crippen LogP contribution in [0.15, 0.2) is 42.5 Å². The molecule has 0 fully saturated rings. The van der Waals surface area contributed by atoms with Gasteiger partial charge < -0.3 is 14.2 Å². The molecule has 140 valence electrons. The maximum atomic E-state index is 12.7. The molecule has 1 heterocycles. The molecular formula is C17H17F3N2O4. The van der Waals surface area contributed by atoms with Crippen molar-refractivity contribution in [3.63, 3.8) is 0 Å². The number of carbonyl (C=O) groups is 1. The van der Waals surface area contributed by atoms with Gasteiger partial charge in [-0.2, -0.15) is 18.3 Å². The lowest BCUT2D eigenvalue weighted by Crippen LogP contribution is -2.12. The molecule has 0 saturated heterocycles. The molecule has 0 bridgehead atoms. The molecular weight excluding hydrogens is 353 g/mol. The minimum atomic E-state index is -4.53. The summed E-state index contributed by atoms with van der Waals surface area (Å²) in [5, 5.41) is 3.52. The van der Waals surface area contributed by atoms with Crippen LogP contribution in [0.4, 0.5) is 13.2 Å². The van der Waals surface area contributed by atoms with Crippen molar-refractivity contribution < 1.29 is 32.2 Å². The van der Waals surface area contributed by atoms with E-state index in [1.807, 2.05) is 6.92 Å². The highest BCUT2D eigenvalue weighted by molar-refractivity contribution is 5.86. The van der Waals surface area contributed by atoms with Crippen LogP contribution in [0, 0.1) is 0 Å². The van der Waals surface area contributed by atoms with E-state index in [9.17, 15) is 18.0 Å². The average Bonchev–Trinajstić information content (AvgIpc) is 3.11. The van der Waals surface area contributed by atoms with Gasteiger partial charge in [0.05, 0.1) is 19.9 Å². The van der Waals surface area contributed by atoms with Crippen molar-refractivity contribution in [2.24, 2.45) is 0 Å². The van der Waals surface area contributed by atoms with E-state index < -0.39 is 17.8 Å². The van der Waals surface area contributed by atoms with E-state index in [-0.39, 0.29) is 11.5 Å². The lowest BCUT2D eigenvalue weighted by molar-refractivity contribution is -0.141. The molecule has 0 atom stereocenters. The minimum Gasteiger partial charge on any atom is -0.500 e. The van der Waals surface area contributed by atoms with E-state index in [4.69, 9.17) is 9.47 Å². The summed E-state index contributed by atoms with van der Waals surface area (Å²) in [5.74, 6) is -0.668. The predicted molar refractivity (Wildman–Crippen MR) is 85.7 cm³/mol. The van der Waals surface area contributed by atoms with E-state index in [1.54, 1.807) is 12.1 Å². The minimum absolute atomic E-state index is 0.196. The zero-order valence-electron chi connectivity index (χ0n) is 14.3. The number of benzene rings is 1. The Labute approximate surface area is 147 Å². The molecule has 1 aromatic carbocycles. The topological polar surface area (TPSA) is 62.6 Å². The van der Waals surface area contributed by atoms with Crippen LogP contribution in [0.25, 0.3) is 5.69 Å². The van der Waals surface area contributed by atoms with Crippen LogP contribution in [0.3, 0.4) is 0 Å². The summed E-state index contributed by atoms with van der Waals surface area (Å²) in [6, 6.07) is 5.65. The Morgan fingerprint density at radius 1 is 1.27 bits per heavy atom. The molecule has 26 heavy (non-hydrogen) atoms. The fraction of sp³-hybridized carbons (Fsp3) is 0.294. The van der Waals surface area contributed by atoms with Crippen LogP contribution in [0.2, 0.25) is 0 Å². The first kappa shape index (κ1) is 19.4. The highest BCUT2D eigenvalue weighted by Crippen LogP contribution is 2.29. The number of nitrogens with zero attached hydrogens (tertiary/aromatic N) is 2. The van der Waals surface area contributed by atoms with E-state index in [0.717, 1.165) is 22.6 Å². The van der Waals surface area contributed by atoms with Crippen LogP contribution < -0.4 is 4.74 Å². The van der Waals surface area contributed by atoms with Crippen molar-refractivity contribution in [1.29, 1.82) is 0 Å². The summed E-state index contributed by atoms with van der Waals surface area (Å²) in [4.78, 5) is 11.7. The number of methoxy groups -OCH3 is 2. The summed E-state index contributed by atoms with van der Waals surface area (Å²) in [5.41, 5.74) is 0.0752. The second kappa shape index (κ2) is 7.94. The van der Waals surface area contributed by atoms with Gasteiger partial charge in [0.1, 0.15) is 12.0 Å². The SMILES string of the molecule is CCc1ccc(-n2ccc(C(F)(F)F)n2)cc1O/C(=C\OC)C(=O)OC. The first-order valence-electron chi connectivity index (χ1n) is 7.55. The van der Waals surface area contributed by atoms with Crippen LogP contribution in [0.1, 0.15) is 18.2 Å². The predicted octanol–water partition coefficient (Wildman–Crippen LogP) is 3.49. The second-order valence-electron chi connectivity index (χ2n) is 5.10. The Balaban J connectivity index is 2.41. The molecule has 0 unspecified atom stereocenters. The molecule has 0 saturated carbocycles. The molecule has 0 spiro atoms. The lowest BCUT2D eigenvalue weighted by Gasteiger charge is -2.13. The van der Waals surface area contributed by atoms with Crippen molar-refractivity contribution in [1.82, 2.24) is 9.78 Å². The Bertz CT molecular complexity index is 813. The van der Waals surface area contributed by atoms with Gasteiger partial charge in [0, 0.05) is 12.3 Å². The number of rotatable bonds is 6. The van der Waals surface area contributed by atoms with E-state index >= 15 is 0 Å². The van der Waals surface area contributed by atoms with Gasteiger partial charge in [0.2, 0.25) is 5.76 Å². The number of aryl methyl sites for hydroxylation is 1. The molecule has 6 nitrogen and oxygen atoms in total. The van der Waals surface area contributed by atoms with E-state index in [0.29, 0.717) is 12.1 Å². The standard InChI is InChI=1S/C17H17F3N2O4/c1-4-11-5-6-12(22-8-7-15(21-22)17(18,19)20)9-13(11)26-14(10-24-2)16(23)25-3/h5-10H,4H2,1-3H3/b14-10-. The number of aromatic nitrogens is 2. The molecule has 0 radical (unpaired) electrons. The first-order valence-corrected chi connectivity index (χ1v) is 7.55. The van der Waals surface area contributed by atoms with Crippen molar-refractivity contribution in [3.05, 3.63) is 53.7 Å². The van der Waals surface area contributed by atoms with Crippen molar-refractivity contribution >= 4 is 5.97 Å². The number of halogens is 3. The zero-order valence-corrected chi connectivity index (χ0v) is 14.3. The molecule has 0 amide bonds. The Morgan fingerprint density at radius 2 is 2.00 bits per heavy atom. The number of esters is 1. The van der Waals surface area contributed by atoms with Gasteiger partial charge in [-0.3, -0.25) is 0 Å². The molecule has 1 aromatic heterocycles. The maximum Gasteiger partial charge on any atom is 0.435 e. The summed E-state index contributed by atoms with van der Waals surface area (Å²) in [6.07, 6.45) is -1.69. The summed E-state index contributed by atoms with van der Waals surface area (Å²) in [7, 11) is 2.53. The van der Waals surface area contributed by atoms with Crippen molar-refractivity contribution in [2.45, 2.75) is 19.5 Å². The normalized spacial score (nSPS) is 12.0. The van der Waals surface area contributed by atoms with Crippen molar-refractivity contribution in [3.8, 4) is 11.4 Å². The molecule has 2 rings (SSSR count). The van der Waals surface area contributed by atoms with Crippen LogP contribution in [0.5, 0.6) is 5.75 Å². The Hall–Kier alpha value is -2.97. The van der Waals surface area contributed by atoms with E-state index in [2.05, 4.69) is 9.84 Å². The molecule has 9 heteroatoms. The zero-order chi connectivity index (χ0) is 19.3. The van der Waals surface area contributed by atoms with Crippen LogP contribution in [-0.2, 0) is 26.9 Å². The first-order chi connectivity index (χ1) is 12.3. The number of carbonyl (C=O) groups excluding carboxylic acids is 1. The summed E-state index contributed by atoms with van der Waals surface area (Å²) >= 11 is 0. The largest absolute Gasteiger partial charge is 0.500 e. The third-order valence-corrected chi connectivity index (χ3v) is 3.41. The maximum absolute atomic E-state index is 12.7. The highest BCUT2D eigenvalue weighted by Gasteiger charge is 2.33. The summed E-state index contributed by atoms with van der Waals surface area (Å²) in [6.45, 7) is 1.87. The van der Waals surface area contributed by atoms with Gasteiger partial charge in [-0.25, -0.2) is 9.48 Å². The van der Waals surface area contributed by atoms with Crippen molar-refractivity contribution in [2.75, 3.05) is 14.2 Å². The van der Waals surface area contributed by atoms with Gasteiger partial charge in [-0.1, -0.05) is 13.0 Å². The summed E-state index contributed by atoms with van der Waals surface area (Å²) < 4.78 is 54.2. The second-order valence-corrected chi connectivity index (χ2v) is 5.10. The van der Waals surface area contributed by atoms with Gasteiger partial charge >= 0.3 is 12.1 Å². The Morgan fingerprint density at radius 3 is 2.54 bits per heavy atom. The number of hydrogen-bond donors (Lipinski definition) is 0. The lowest BCUT2D eigenvalue weighted by atomic mass is 10.1.